The van der Waals surface area contributed by atoms with Crippen molar-refractivity contribution in [1.82, 2.24) is 0 Å². The van der Waals surface area contributed by atoms with E-state index in [2.05, 4.69) is 13.5 Å². The molecular formula is C11H18O. The molecule has 1 aliphatic carbocycles. The van der Waals surface area contributed by atoms with E-state index >= 15 is 0 Å². The van der Waals surface area contributed by atoms with Crippen LogP contribution in [0.5, 0.6) is 0 Å². The third-order valence-electron chi connectivity index (χ3n) is 2.76. The smallest absolute Gasteiger partial charge is 0.133 e. The van der Waals surface area contributed by atoms with Gasteiger partial charge in [0.25, 0.3) is 0 Å². The molecule has 0 aromatic carbocycles. The number of hydrogen-bond donors (Lipinski definition) is 0. The lowest BCUT2D eigenvalue weighted by atomic mass is 9.93. The molecule has 0 N–H and O–H groups in total. The summed E-state index contributed by atoms with van der Waals surface area (Å²) >= 11 is 0. The minimum Gasteiger partial charge on any atom is -0.300 e. The Hall–Kier alpha value is -0.590. The molecule has 1 nitrogen and oxygen atoms in total. The first kappa shape index (κ1) is 9.50. The van der Waals surface area contributed by atoms with Gasteiger partial charge in [-0.05, 0) is 31.6 Å². The summed E-state index contributed by atoms with van der Waals surface area (Å²) in [6.07, 6.45) is 3.86. The van der Waals surface area contributed by atoms with E-state index in [1.54, 1.807) is 0 Å². The van der Waals surface area contributed by atoms with Crippen molar-refractivity contribution in [1.29, 1.82) is 0 Å². The molecule has 2 unspecified atom stereocenters. The van der Waals surface area contributed by atoms with Crippen LogP contribution in [0, 0.1) is 11.8 Å². The summed E-state index contributed by atoms with van der Waals surface area (Å²) in [6, 6.07) is 0. The summed E-state index contributed by atoms with van der Waals surface area (Å²) in [5, 5.41) is 0. The second kappa shape index (κ2) is 3.88. The Balaban J connectivity index is 2.58. The Kier molecular flexibility index (Phi) is 3.07. The Morgan fingerprint density at radius 3 is 2.67 bits per heavy atom. The highest BCUT2D eigenvalue weighted by molar-refractivity contribution is 5.79. The van der Waals surface area contributed by atoms with Crippen molar-refractivity contribution < 1.29 is 4.79 Å². The van der Waals surface area contributed by atoms with E-state index in [1.165, 1.54) is 12.0 Å². The van der Waals surface area contributed by atoms with E-state index in [4.69, 9.17) is 0 Å². The summed E-state index contributed by atoms with van der Waals surface area (Å²) in [4.78, 5) is 11.4. The standard InChI is InChI=1S/C11H18O/c1-8(2)10-5-4-9(3)6-11(12)7-10/h9-10H,1,4-7H2,2-3H3. The van der Waals surface area contributed by atoms with Gasteiger partial charge in [-0.15, -0.1) is 0 Å². The number of hydrogen-bond acceptors (Lipinski definition) is 1. The molecule has 0 heterocycles. The van der Waals surface area contributed by atoms with Gasteiger partial charge in [-0.2, -0.15) is 0 Å². The highest BCUT2D eigenvalue weighted by Crippen LogP contribution is 2.28. The van der Waals surface area contributed by atoms with Crippen molar-refractivity contribution in [2.75, 3.05) is 0 Å². The van der Waals surface area contributed by atoms with Gasteiger partial charge in [0.05, 0.1) is 0 Å². The van der Waals surface area contributed by atoms with Crippen molar-refractivity contribution in [3.05, 3.63) is 12.2 Å². The van der Waals surface area contributed by atoms with Crippen molar-refractivity contribution in [3.63, 3.8) is 0 Å². The molecular weight excluding hydrogens is 148 g/mol. The lowest BCUT2D eigenvalue weighted by molar-refractivity contribution is -0.119. The monoisotopic (exact) mass is 166 g/mol. The van der Waals surface area contributed by atoms with Crippen molar-refractivity contribution in [2.24, 2.45) is 11.8 Å². The van der Waals surface area contributed by atoms with Gasteiger partial charge in [-0.3, -0.25) is 4.79 Å². The van der Waals surface area contributed by atoms with Crippen molar-refractivity contribution >= 4 is 5.78 Å². The lowest BCUT2D eigenvalue weighted by Crippen LogP contribution is -2.05. The summed E-state index contributed by atoms with van der Waals surface area (Å²) in [7, 11) is 0. The second-order valence-corrected chi connectivity index (χ2v) is 4.17. The maximum absolute atomic E-state index is 11.4. The molecule has 0 aromatic rings. The summed E-state index contributed by atoms with van der Waals surface area (Å²) < 4.78 is 0. The van der Waals surface area contributed by atoms with Crippen LogP contribution in [0.1, 0.15) is 39.5 Å². The molecule has 1 aliphatic rings. The fraction of sp³-hybridized carbons (Fsp3) is 0.727. The fourth-order valence-corrected chi connectivity index (χ4v) is 1.86. The number of allylic oxidation sites excluding steroid dienone is 1. The fourth-order valence-electron chi connectivity index (χ4n) is 1.86. The van der Waals surface area contributed by atoms with Crippen LogP contribution in [0.15, 0.2) is 12.2 Å². The van der Waals surface area contributed by atoms with Crippen LogP contribution in [-0.2, 0) is 4.79 Å². The van der Waals surface area contributed by atoms with E-state index in [9.17, 15) is 4.79 Å². The molecule has 0 aliphatic heterocycles. The average Bonchev–Trinajstić information content (AvgIpc) is 2.11. The molecule has 1 rings (SSSR count). The minimum absolute atomic E-state index is 0.424. The van der Waals surface area contributed by atoms with Crippen LogP contribution in [0.4, 0.5) is 0 Å². The number of ketones is 1. The van der Waals surface area contributed by atoms with Crippen LogP contribution in [0.2, 0.25) is 0 Å². The van der Waals surface area contributed by atoms with Gasteiger partial charge in [-0.25, -0.2) is 0 Å². The highest BCUT2D eigenvalue weighted by Gasteiger charge is 2.21. The van der Waals surface area contributed by atoms with Crippen LogP contribution < -0.4 is 0 Å². The number of carbonyl (C=O) groups is 1. The Morgan fingerprint density at radius 1 is 1.42 bits per heavy atom. The van der Waals surface area contributed by atoms with Crippen molar-refractivity contribution in [3.8, 4) is 0 Å². The molecule has 0 radical (unpaired) electrons. The molecule has 1 fully saturated rings. The van der Waals surface area contributed by atoms with E-state index in [0.717, 1.165) is 19.3 Å². The number of rotatable bonds is 1. The topological polar surface area (TPSA) is 17.1 Å². The highest BCUT2D eigenvalue weighted by atomic mass is 16.1. The van der Waals surface area contributed by atoms with Gasteiger partial charge < -0.3 is 0 Å². The van der Waals surface area contributed by atoms with Gasteiger partial charge in [0.2, 0.25) is 0 Å². The zero-order chi connectivity index (χ0) is 9.14. The van der Waals surface area contributed by atoms with Crippen LogP contribution >= 0.6 is 0 Å². The van der Waals surface area contributed by atoms with E-state index < -0.39 is 0 Å². The second-order valence-electron chi connectivity index (χ2n) is 4.17. The zero-order valence-corrected chi connectivity index (χ0v) is 8.10. The molecule has 0 saturated heterocycles. The van der Waals surface area contributed by atoms with E-state index in [1.807, 2.05) is 6.92 Å². The third-order valence-corrected chi connectivity index (χ3v) is 2.76. The summed E-state index contributed by atoms with van der Waals surface area (Å²) in [6.45, 7) is 8.13. The van der Waals surface area contributed by atoms with Crippen LogP contribution in [0.25, 0.3) is 0 Å². The van der Waals surface area contributed by atoms with E-state index in [-0.39, 0.29) is 0 Å². The molecule has 1 saturated carbocycles. The predicted octanol–water partition coefficient (Wildman–Crippen LogP) is 2.96. The molecule has 0 bridgehead atoms. The van der Waals surface area contributed by atoms with Crippen molar-refractivity contribution in [2.45, 2.75) is 39.5 Å². The van der Waals surface area contributed by atoms with E-state index in [0.29, 0.717) is 17.6 Å². The largest absolute Gasteiger partial charge is 0.300 e. The molecule has 0 aromatic heterocycles. The Labute approximate surface area is 74.9 Å². The summed E-state index contributed by atoms with van der Waals surface area (Å²) in [5.74, 6) is 1.47. The first-order valence-corrected chi connectivity index (χ1v) is 4.76. The van der Waals surface area contributed by atoms with Gasteiger partial charge in [-0.1, -0.05) is 19.1 Å². The van der Waals surface area contributed by atoms with Gasteiger partial charge in [0.1, 0.15) is 5.78 Å². The lowest BCUT2D eigenvalue weighted by Gasteiger charge is -2.12. The quantitative estimate of drug-likeness (QED) is 0.432. The molecule has 0 spiro atoms. The first-order chi connectivity index (χ1) is 5.59. The van der Waals surface area contributed by atoms with Gasteiger partial charge >= 0.3 is 0 Å². The normalized spacial score (nSPS) is 31.3. The van der Waals surface area contributed by atoms with Gasteiger partial charge in [0, 0.05) is 12.8 Å². The van der Waals surface area contributed by atoms with Gasteiger partial charge in [0.15, 0.2) is 0 Å². The maximum Gasteiger partial charge on any atom is 0.133 e. The zero-order valence-electron chi connectivity index (χ0n) is 8.10. The Morgan fingerprint density at radius 2 is 2.08 bits per heavy atom. The predicted molar refractivity (Wildman–Crippen MR) is 50.9 cm³/mol. The molecule has 68 valence electrons. The minimum atomic E-state index is 0.424. The van der Waals surface area contributed by atoms with Crippen LogP contribution in [0.3, 0.4) is 0 Å². The Bertz CT molecular complexity index is 193. The third kappa shape index (κ3) is 2.47. The molecule has 2 atom stereocenters. The average molecular weight is 166 g/mol. The molecule has 0 amide bonds. The SMILES string of the molecule is C=C(C)C1CCC(C)CC(=O)C1. The number of carbonyl (C=O) groups excluding carboxylic acids is 1. The maximum atomic E-state index is 11.4. The molecule has 1 heteroatoms. The van der Waals surface area contributed by atoms with Crippen LogP contribution in [-0.4, -0.2) is 5.78 Å². The number of Topliss-reactive ketones (excluding diaryl/α,β-unsaturated/α-hetero) is 1. The summed E-state index contributed by atoms with van der Waals surface area (Å²) in [5.41, 5.74) is 1.18. The molecule has 12 heavy (non-hydrogen) atoms. The first-order valence-electron chi connectivity index (χ1n) is 4.76.